The molecule has 2 aliphatic heterocycles. The van der Waals surface area contributed by atoms with Crippen LogP contribution in [0.5, 0.6) is 5.75 Å². The predicted octanol–water partition coefficient (Wildman–Crippen LogP) is 3.23. The van der Waals surface area contributed by atoms with Crippen molar-refractivity contribution < 1.29 is 23.8 Å². The van der Waals surface area contributed by atoms with E-state index in [1.165, 1.54) is 22.7 Å². The van der Waals surface area contributed by atoms with Crippen molar-refractivity contribution in [2.24, 2.45) is 4.99 Å². The third-order valence-corrected chi connectivity index (χ3v) is 9.00. The zero-order valence-corrected chi connectivity index (χ0v) is 25.1. The monoisotopic (exact) mass is 615 g/mol. The van der Waals surface area contributed by atoms with Crippen molar-refractivity contribution in [3.63, 3.8) is 0 Å². The van der Waals surface area contributed by atoms with Gasteiger partial charge in [0, 0.05) is 23.5 Å². The number of rotatable bonds is 8. The van der Waals surface area contributed by atoms with Gasteiger partial charge in [0.15, 0.2) is 11.4 Å². The van der Waals surface area contributed by atoms with Gasteiger partial charge in [0.25, 0.3) is 11.5 Å². The first-order valence-corrected chi connectivity index (χ1v) is 15.6. The highest BCUT2D eigenvalue weighted by Gasteiger charge is 2.35. The van der Waals surface area contributed by atoms with Gasteiger partial charge in [0.2, 0.25) is 0 Å². The molecule has 4 heterocycles. The normalized spacial score (nSPS) is 16.9. The van der Waals surface area contributed by atoms with Crippen LogP contribution in [0, 0.1) is 0 Å². The van der Waals surface area contributed by atoms with E-state index in [4.69, 9.17) is 19.2 Å². The van der Waals surface area contributed by atoms with E-state index in [1.807, 2.05) is 60.0 Å². The number of hydrogen-bond donors (Lipinski definition) is 0. The van der Waals surface area contributed by atoms with Crippen LogP contribution in [0.2, 0.25) is 0 Å². The number of ether oxygens (including phenoxy) is 3. The van der Waals surface area contributed by atoms with Gasteiger partial charge in [-0.3, -0.25) is 14.2 Å². The van der Waals surface area contributed by atoms with Crippen molar-refractivity contribution in [2.75, 3.05) is 39.5 Å². The van der Waals surface area contributed by atoms with Crippen LogP contribution in [0.3, 0.4) is 0 Å². The van der Waals surface area contributed by atoms with Crippen LogP contribution < -0.4 is 19.6 Å². The molecular formula is C32H29N3O6S2. The number of esters is 1. The molecule has 220 valence electrons. The summed E-state index contributed by atoms with van der Waals surface area (Å²) in [5, 5.41) is 1.92. The summed E-state index contributed by atoms with van der Waals surface area (Å²) in [4.78, 5) is 47.7. The number of benzene rings is 2. The summed E-state index contributed by atoms with van der Waals surface area (Å²) in [6.45, 7) is 4.13. The van der Waals surface area contributed by atoms with Crippen molar-refractivity contribution in [1.82, 2.24) is 9.47 Å². The third kappa shape index (κ3) is 6.10. The van der Waals surface area contributed by atoms with E-state index >= 15 is 0 Å². The van der Waals surface area contributed by atoms with Crippen molar-refractivity contribution in [3.05, 3.63) is 113 Å². The summed E-state index contributed by atoms with van der Waals surface area (Å²) < 4.78 is 18.6. The van der Waals surface area contributed by atoms with Gasteiger partial charge >= 0.3 is 5.97 Å². The number of nitrogens with zero attached hydrogens (tertiary/aromatic N) is 3. The predicted molar refractivity (Wildman–Crippen MR) is 165 cm³/mol. The molecule has 6 rings (SSSR count). The van der Waals surface area contributed by atoms with E-state index < -0.39 is 12.0 Å². The van der Waals surface area contributed by atoms with E-state index in [2.05, 4.69) is 0 Å². The molecule has 0 spiro atoms. The molecule has 1 atom stereocenters. The lowest BCUT2D eigenvalue weighted by Crippen LogP contribution is -2.42. The van der Waals surface area contributed by atoms with Gasteiger partial charge in [-0.1, -0.05) is 59.9 Å². The molecule has 1 fully saturated rings. The molecule has 1 saturated heterocycles. The number of aromatic nitrogens is 1. The molecule has 0 radical (unpaired) electrons. The van der Waals surface area contributed by atoms with E-state index in [0.717, 1.165) is 16.0 Å². The minimum absolute atomic E-state index is 0.0484. The molecule has 1 amide bonds. The number of thiophene rings is 1. The van der Waals surface area contributed by atoms with Gasteiger partial charge in [-0.15, -0.1) is 11.3 Å². The first-order valence-electron chi connectivity index (χ1n) is 13.9. The maximum absolute atomic E-state index is 13.9. The Bertz CT molecular complexity index is 1820. The van der Waals surface area contributed by atoms with Gasteiger partial charge in [-0.25, -0.2) is 9.79 Å². The van der Waals surface area contributed by atoms with Crippen molar-refractivity contribution >= 4 is 46.3 Å². The van der Waals surface area contributed by atoms with E-state index in [0.29, 0.717) is 52.7 Å². The van der Waals surface area contributed by atoms with Crippen LogP contribution in [0.4, 0.5) is 0 Å². The van der Waals surface area contributed by atoms with Gasteiger partial charge in [0.1, 0.15) is 11.8 Å². The van der Waals surface area contributed by atoms with E-state index in [9.17, 15) is 14.4 Å². The quantitative estimate of drug-likeness (QED) is 0.283. The Morgan fingerprint density at radius 1 is 1.05 bits per heavy atom. The molecule has 4 aromatic rings. The highest BCUT2D eigenvalue weighted by atomic mass is 32.1. The third-order valence-electron chi connectivity index (χ3n) is 7.09. The van der Waals surface area contributed by atoms with Crippen LogP contribution in [0.1, 0.15) is 29.0 Å². The molecule has 11 heteroatoms. The van der Waals surface area contributed by atoms with Crippen molar-refractivity contribution in [3.8, 4) is 5.75 Å². The fourth-order valence-corrected chi connectivity index (χ4v) is 6.84. The second kappa shape index (κ2) is 12.9. The number of hydrogen-bond acceptors (Lipinski definition) is 9. The Labute approximate surface area is 255 Å². The van der Waals surface area contributed by atoms with Crippen LogP contribution in [0.15, 0.2) is 87.5 Å². The van der Waals surface area contributed by atoms with Crippen LogP contribution in [0.25, 0.3) is 11.8 Å². The molecule has 0 unspecified atom stereocenters. The second-order valence-electron chi connectivity index (χ2n) is 9.80. The Morgan fingerprint density at radius 2 is 1.81 bits per heavy atom. The van der Waals surface area contributed by atoms with Gasteiger partial charge in [-0.2, -0.15) is 0 Å². The fraction of sp³-hybridized carbons (Fsp3) is 0.250. The maximum atomic E-state index is 13.9. The minimum Gasteiger partial charge on any atom is -0.484 e. The second-order valence-corrected chi connectivity index (χ2v) is 11.8. The van der Waals surface area contributed by atoms with Crippen LogP contribution in [-0.2, 0) is 19.1 Å². The van der Waals surface area contributed by atoms with Crippen molar-refractivity contribution in [1.29, 1.82) is 0 Å². The lowest BCUT2D eigenvalue weighted by atomic mass is 9.97. The molecule has 0 bridgehead atoms. The standard InChI is InChI=1S/C32H29N3O6S2/c1-2-40-31(38)27-28(22-7-4-3-5-8-22)33-32-35(29(27)24-9-6-18-42-24)30(37)25(43-32)19-21-10-12-23(13-11-21)41-20-26(36)34-14-16-39-17-15-34/h3-13,18-19,29H,2,14-17,20H2,1H3/b25-19+/t29-/m0/s1. The Hall–Kier alpha value is -4.32. The van der Waals surface area contributed by atoms with E-state index in [1.54, 1.807) is 34.6 Å². The summed E-state index contributed by atoms with van der Waals surface area (Å²) in [6.07, 6.45) is 1.80. The molecule has 2 aliphatic rings. The summed E-state index contributed by atoms with van der Waals surface area (Å²) in [5.74, 6) is -0.0178. The van der Waals surface area contributed by atoms with Crippen LogP contribution >= 0.6 is 22.7 Å². The lowest BCUT2D eigenvalue weighted by molar-refractivity contribution is -0.139. The van der Waals surface area contributed by atoms with Crippen LogP contribution in [-0.4, -0.2) is 60.9 Å². The molecular weight excluding hydrogens is 587 g/mol. The zero-order valence-electron chi connectivity index (χ0n) is 23.4. The largest absolute Gasteiger partial charge is 0.484 e. The number of amides is 1. The average Bonchev–Trinajstić information content (AvgIpc) is 3.69. The molecule has 0 aliphatic carbocycles. The molecule has 2 aromatic carbocycles. The Balaban J connectivity index is 1.35. The first kappa shape index (κ1) is 28.8. The minimum atomic E-state index is -0.674. The van der Waals surface area contributed by atoms with Crippen molar-refractivity contribution in [2.45, 2.75) is 13.0 Å². The number of fused-ring (bicyclic) bond motifs is 1. The molecule has 0 saturated carbocycles. The SMILES string of the molecule is CCOC(=O)C1=C(c2ccccc2)N=c2s/c(=C/c3ccc(OCC(=O)N4CCOCC4)cc3)c(=O)n2[C@H]1c1cccs1. The van der Waals surface area contributed by atoms with Gasteiger partial charge in [-0.05, 0) is 42.1 Å². The average molecular weight is 616 g/mol. The number of carbonyl (C=O) groups is 2. The lowest BCUT2D eigenvalue weighted by Gasteiger charge is -2.26. The van der Waals surface area contributed by atoms with E-state index in [-0.39, 0.29) is 24.7 Å². The van der Waals surface area contributed by atoms with Gasteiger partial charge in [0.05, 0.1) is 35.6 Å². The zero-order chi connectivity index (χ0) is 29.8. The molecule has 43 heavy (non-hydrogen) atoms. The summed E-state index contributed by atoms with van der Waals surface area (Å²) in [7, 11) is 0. The Kier molecular flexibility index (Phi) is 8.64. The Morgan fingerprint density at radius 3 is 2.51 bits per heavy atom. The van der Waals surface area contributed by atoms with Gasteiger partial charge < -0.3 is 19.1 Å². The fourth-order valence-electron chi connectivity index (χ4n) is 5.02. The number of carbonyl (C=O) groups excluding carboxylic acids is 2. The summed E-state index contributed by atoms with van der Waals surface area (Å²) in [6, 6.07) is 19.9. The molecule has 2 aromatic heterocycles. The summed E-state index contributed by atoms with van der Waals surface area (Å²) >= 11 is 2.75. The molecule has 9 nitrogen and oxygen atoms in total. The number of morpholine rings is 1. The smallest absolute Gasteiger partial charge is 0.338 e. The highest BCUT2D eigenvalue weighted by molar-refractivity contribution is 7.10. The first-order chi connectivity index (χ1) is 21.0. The maximum Gasteiger partial charge on any atom is 0.338 e. The molecule has 0 N–H and O–H groups in total. The topological polar surface area (TPSA) is 99.4 Å². The highest BCUT2D eigenvalue weighted by Crippen LogP contribution is 2.36. The number of thiazole rings is 1. The summed E-state index contributed by atoms with van der Waals surface area (Å²) in [5.41, 5.74) is 2.15.